The summed E-state index contributed by atoms with van der Waals surface area (Å²) in [5, 5.41) is 2.52. The number of hydrogen-bond donors (Lipinski definition) is 1. The van der Waals surface area contributed by atoms with Crippen LogP contribution in [0, 0.1) is 11.6 Å². The molecule has 0 aromatic carbocycles. The maximum atomic E-state index is 13.2. The second kappa shape index (κ2) is 6.05. The van der Waals surface area contributed by atoms with Gasteiger partial charge in [-0.05, 0) is 12.8 Å². The standard InChI is InChI=1S/C11H14F2N2O/c1-3-4-5-6-16-11-9(13)7-8(12)10(14-2)15-11/h3,7H,1,4-6H2,2H3,(H,14,15). The largest absolute Gasteiger partial charge is 0.476 e. The number of ether oxygens (including phenoxy) is 1. The molecule has 0 radical (unpaired) electrons. The molecule has 0 amide bonds. The topological polar surface area (TPSA) is 34.1 Å². The average Bonchev–Trinajstić information content (AvgIpc) is 2.27. The Morgan fingerprint density at radius 1 is 1.50 bits per heavy atom. The van der Waals surface area contributed by atoms with Crippen molar-refractivity contribution in [2.75, 3.05) is 19.0 Å². The Kier molecular flexibility index (Phi) is 4.69. The molecule has 1 aromatic rings. The fourth-order valence-corrected chi connectivity index (χ4v) is 1.12. The summed E-state index contributed by atoms with van der Waals surface area (Å²) in [6, 6.07) is 0.752. The Morgan fingerprint density at radius 3 is 2.88 bits per heavy atom. The molecule has 0 saturated carbocycles. The fraction of sp³-hybridized carbons (Fsp3) is 0.364. The van der Waals surface area contributed by atoms with E-state index in [1.54, 1.807) is 6.08 Å². The van der Waals surface area contributed by atoms with E-state index in [-0.39, 0.29) is 11.7 Å². The van der Waals surface area contributed by atoms with Crippen molar-refractivity contribution >= 4 is 5.82 Å². The number of hydrogen-bond acceptors (Lipinski definition) is 3. The molecular weight excluding hydrogens is 214 g/mol. The van der Waals surface area contributed by atoms with Crippen LogP contribution < -0.4 is 10.1 Å². The van der Waals surface area contributed by atoms with E-state index in [2.05, 4.69) is 16.9 Å². The lowest BCUT2D eigenvalue weighted by atomic mass is 10.3. The third kappa shape index (κ3) is 3.18. The highest BCUT2D eigenvalue weighted by molar-refractivity contribution is 5.38. The number of nitrogens with one attached hydrogen (secondary N) is 1. The van der Waals surface area contributed by atoms with Crippen LogP contribution in [-0.4, -0.2) is 18.6 Å². The molecule has 0 bridgehead atoms. The summed E-state index contributed by atoms with van der Waals surface area (Å²) in [6.07, 6.45) is 3.25. The van der Waals surface area contributed by atoms with E-state index in [4.69, 9.17) is 4.74 Å². The van der Waals surface area contributed by atoms with Crippen LogP contribution in [0.3, 0.4) is 0 Å². The van der Waals surface area contributed by atoms with Gasteiger partial charge in [-0.1, -0.05) is 6.08 Å². The van der Waals surface area contributed by atoms with Gasteiger partial charge in [0.2, 0.25) is 0 Å². The van der Waals surface area contributed by atoms with Crippen molar-refractivity contribution in [3.63, 3.8) is 0 Å². The average molecular weight is 228 g/mol. The molecule has 0 unspecified atom stereocenters. The fourth-order valence-electron chi connectivity index (χ4n) is 1.12. The maximum absolute atomic E-state index is 13.2. The van der Waals surface area contributed by atoms with Crippen molar-refractivity contribution in [1.29, 1.82) is 0 Å². The van der Waals surface area contributed by atoms with Crippen LogP contribution in [-0.2, 0) is 0 Å². The second-order valence-corrected chi connectivity index (χ2v) is 3.14. The van der Waals surface area contributed by atoms with Crippen LogP contribution in [0.5, 0.6) is 5.88 Å². The molecule has 1 N–H and O–H groups in total. The Morgan fingerprint density at radius 2 is 2.25 bits per heavy atom. The smallest absolute Gasteiger partial charge is 0.252 e. The van der Waals surface area contributed by atoms with E-state index in [0.29, 0.717) is 6.61 Å². The molecule has 0 aliphatic carbocycles. The number of nitrogens with zero attached hydrogens (tertiary/aromatic N) is 1. The first-order chi connectivity index (χ1) is 7.69. The molecular formula is C11H14F2N2O. The summed E-state index contributed by atoms with van der Waals surface area (Å²) in [6.45, 7) is 3.88. The van der Waals surface area contributed by atoms with Gasteiger partial charge < -0.3 is 10.1 Å². The lowest BCUT2D eigenvalue weighted by Gasteiger charge is -2.08. The number of rotatable bonds is 6. The monoisotopic (exact) mass is 228 g/mol. The molecule has 1 aromatic heterocycles. The number of halogens is 2. The molecule has 0 spiro atoms. The Hall–Kier alpha value is -1.65. The minimum atomic E-state index is -0.796. The molecule has 3 nitrogen and oxygen atoms in total. The van der Waals surface area contributed by atoms with Gasteiger partial charge in [0.15, 0.2) is 17.5 Å². The summed E-state index contributed by atoms with van der Waals surface area (Å²) in [5.41, 5.74) is 0. The molecule has 0 saturated heterocycles. The molecule has 0 fully saturated rings. The van der Waals surface area contributed by atoms with Crippen molar-refractivity contribution in [3.05, 3.63) is 30.4 Å². The number of aromatic nitrogens is 1. The minimum absolute atomic E-state index is 0.0277. The van der Waals surface area contributed by atoms with Gasteiger partial charge in [-0.15, -0.1) is 6.58 Å². The molecule has 0 aliphatic heterocycles. The van der Waals surface area contributed by atoms with E-state index in [1.165, 1.54) is 7.05 Å². The van der Waals surface area contributed by atoms with Crippen LogP contribution >= 0.6 is 0 Å². The highest BCUT2D eigenvalue weighted by Gasteiger charge is 2.11. The van der Waals surface area contributed by atoms with Crippen molar-refractivity contribution in [2.45, 2.75) is 12.8 Å². The van der Waals surface area contributed by atoms with E-state index in [1.807, 2.05) is 0 Å². The van der Waals surface area contributed by atoms with Gasteiger partial charge in [0.25, 0.3) is 5.88 Å². The number of allylic oxidation sites excluding steroid dienone is 1. The summed E-state index contributed by atoms with van der Waals surface area (Å²) in [7, 11) is 1.50. The zero-order chi connectivity index (χ0) is 12.0. The Balaban J connectivity index is 2.68. The highest BCUT2D eigenvalue weighted by atomic mass is 19.1. The summed E-state index contributed by atoms with van der Waals surface area (Å²) >= 11 is 0. The Bertz CT molecular complexity index is 369. The molecule has 88 valence electrons. The third-order valence-electron chi connectivity index (χ3n) is 1.93. The van der Waals surface area contributed by atoms with Crippen molar-refractivity contribution in [2.24, 2.45) is 0 Å². The van der Waals surface area contributed by atoms with Crippen LogP contribution in [0.4, 0.5) is 14.6 Å². The van der Waals surface area contributed by atoms with E-state index < -0.39 is 11.6 Å². The Labute approximate surface area is 93.1 Å². The van der Waals surface area contributed by atoms with Crippen molar-refractivity contribution in [3.8, 4) is 5.88 Å². The first-order valence-electron chi connectivity index (χ1n) is 4.96. The molecule has 1 rings (SSSR count). The molecule has 0 aliphatic rings. The van der Waals surface area contributed by atoms with Gasteiger partial charge in [0, 0.05) is 13.1 Å². The van der Waals surface area contributed by atoms with Crippen LogP contribution in [0.25, 0.3) is 0 Å². The summed E-state index contributed by atoms with van der Waals surface area (Å²) in [5.74, 6) is -1.75. The molecule has 5 heteroatoms. The number of unbranched alkanes of at least 4 members (excludes halogenated alkanes) is 1. The van der Waals surface area contributed by atoms with E-state index in [9.17, 15) is 8.78 Å². The predicted octanol–water partition coefficient (Wildman–Crippen LogP) is 2.75. The second-order valence-electron chi connectivity index (χ2n) is 3.14. The zero-order valence-electron chi connectivity index (χ0n) is 9.09. The highest BCUT2D eigenvalue weighted by Crippen LogP contribution is 2.20. The lowest BCUT2D eigenvalue weighted by Crippen LogP contribution is -2.05. The molecule has 1 heterocycles. The summed E-state index contributed by atoms with van der Waals surface area (Å²) < 4.78 is 31.3. The number of anilines is 1. The van der Waals surface area contributed by atoms with E-state index >= 15 is 0 Å². The number of pyridine rings is 1. The molecule has 16 heavy (non-hydrogen) atoms. The lowest BCUT2D eigenvalue weighted by molar-refractivity contribution is 0.283. The zero-order valence-corrected chi connectivity index (χ0v) is 9.09. The predicted molar refractivity (Wildman–Crippen MR) is 58.6 cm³/mol. The minimum Gasteiger partial charge on any atom is -0.476 e. The van der Waals surface area contributed by atoms with Gasteiger partial charge in [0.05, 0.1) is 6.61 Å². The first-order valence-corrected chi connectivity index (χ1v) is 4.96. The van der Waals surface area contributed by atoms with Gasteiger partial charge in [0.1, 0.15) is 0 Å². The van der Waals surface area contributed by atoms with Crippen LogP contribution in [0.15, 0.2) is 18.7 Å². The first kappa shape index (κ1) is 12.4. The van der Waals surface area contributed by atoms with E-state index in [0.717, 1.165) is 18.9 Å². The van der Waals surface area contributed by atoms with Gasteiger partial charge >= 0.3 is 0 Å². The van der Waals surface area contributed by atoms with Crippen molar-refractivity contribution < 1.29 is 13.5 Å². The SMILES string of the molecule is C=CCCCOc1nc(NC)c(F)cc1F. The summed E-state index contributed by atoms with van der Waals surface area (Å²) in [4.78, 5) is 3.68. The van der Waals surface area contributed by atoms with Crippen molar-refractivity contribution in [1.82, 2.24) is 4.98 Å². The quantitative estimate of drug-likeness (QED) is 0.600. The normalized spacial score (nSPS) is 9.94. The van der Waals surface area contributed by atoms with Crippen LogP contribution in [0.1, 0.15) is 12.8 Å². The van der Waals surface area contributed by atoms with Gasteiger partial charge in [-0.3, -0.25) is 0 Å². The maximum Gasteiger partial charge on any atom is 0.252 e. The molecule has 0 atom stereocenters. The third-order valence-corrected chi connectivity index (χ3v) is 1.93. The van der Waals surface area contributed by atoms with Crippen LogP contribution in [0.2, 0.25) is 0 Å². The van der Waals surface area contributed by atoms with Gasteiger partial charge in [-0.2, -0.15) is 4.98 Å². The van der Waals surface area contributed by atoms with Gasteiger partial charge in [-0.25, -0.2) is 8.78 Å².